The highest BCUT2D eigenvalue weighted by molar-refractivity contribution is 5.84. The highest BCUT2D eigenvalue weighted by Gasteiger charge is 2.21. The SMILES string of the molecule is CCN1CCN(CCOc2ccc(-c3onc(C)c3-c3ccc(OC)c(OC)c3)c(O)c2)CC1. The number of ether oxygens (including phenoxy) is 3. The number of hydrogen-bond acceptors (Lipinski definition) is 8. The van der Waals surface area contributed by atoms with Gasteiger partial charge in [0.1, 0.15) is 18.1 Å². The second-order valence-electron chi connectivity index (χ2n) is 8.35. The quantitative estimate of drug-likeness (QED) is 0.505. The number of phenolic OH excluding ortho intramolecular Hbond substituents is 1. The minimum Gasteiger partial charge on any atom is -0.507 e. The number of rotatable bonds is 9. The Bertz CT molecular complexity index is 1110. The molecule has 1 fully saturated rings. The largest absolute Gasteiger partial charge is 0.507 e. The summed E-state index contributed by atoms with van der Waals surface area (Å²) >= 11 is 0. The number of methoxy groups -OCH3 is 2. The number of hydrogen-bond donors (Lipinski definition) is 1. The Morgan fingerprint density at radius 2 is 1.71 bits per heavy atom. The first-order chi connectivity index (χ1) is 16.5. The summed E-state index contributed by atoms with van der Waals surface area (Å²) in [5, 5.41) is 14.9. The molecule has 182 valence electrons. The Labute approximate surface area is 200 Å². The van der Waals surface area contributed by atoms with Crippen molar-refractivity contribution in [2.45, 2.75) is 13.8 Å². The van der Waals surface area contributed by atoms with Gasteiger partial charge < -0.3 is 28.7 Å². The number of benzene rings is 2. The van der Waals surface area contributed by atoms with Crippen molar-refractivity contribution in [3.8, 4) is 45.4 Å². The Morgan fingerprint density at radius 1 is 0.971 bits per heavy atom. The number of nitrogens with zero attached hydrogens (tertiary/aromatic N) is 3. The van der Waals surface area contributed by atoms with Crippen LogP contribution in [-0.4, -0.2) is 80.2 Å². The van der Waals surface area contributed by atoms with Gasteiger partial charge in [-0.1, -0.05) is 18.1 Å². The lowest BCUT2D eigenvalue weighted by atomic mass is 9.99. The van der Waals surface area contributed by atoms with Crippen molar-refractivity contribution in [3.05, 3.63) is 42.1 Å². The molecule has 0 spiro atoms. The molecule has 8 heteroatoms. The summed E-state index contributed by atoms with van der Waals surface area (Å²) in [5.41, 5.74) is 2.91. The number of aryl methyl sites for hydroxylation is 1. The second-order valence-corrected chi connectivity index (χ2v) is 8.35. The normalized spacial score (nSPS) is 14.8. The third-order valence-corrected chi connectivity index (χ3v) is 6.34. The van der Waals surface area contributed by atoms with Crippen molar-refractivity contribution < 1.29 is 23.8 Å². The molecule has 0 amide bonds. The number of phenols is 1. The number of likely N-dealkylation sites (N-methyl/N-ethyl adjacent to an activating group) is 1. The molecule has 2 heterocycles. The van der Waals surface area contributed by atoms with Crippen molar-refractivity contribution in [1.29, 1.82) is 0 Å². The van der Waals surface area contributed by atoms with Gasteiger partial charge in [0.05, 0.1) is 31.0 Å². The molecule has 0 radical (unpaired) electrons. The maximum atomic E-state index is 10.8. The van der Waals surface area contributed by atoms with Gasteiger partial charge in [-0.25, -0.2) is 0 Å². The van der Waals surface area contributed by atoms with Gasteiger partial charge >= 0.3 is 0 Å². The lowest BCUT2D eigenvalue weighted by Gasteiger charge is -2.33. The van der Waals surface area contributed by atoms with Crippen LogP contribution in [0.15, 0.2) is 40.9 Å². The van der Waals surface area contributed by atoms with Gasteiger partial charge in [0.2, 0.25) is 0 Å². The Hall–Kier alpha value is -3.23. The van der Waals surface area contributed by atoms with Crippen LogP contribution in [0.2, 0.25) is 0 Å². The van der Waals surface area contributed by atoms with E-state index in [0.29, 0.717) is 40.9 Å². The molecule has 0 saturated carbocycles. The van der Waals surface area contributed by atoms with Gasteiger partial charge in [-0.05, 0) is 43.3 Å². The standard InChI is InChI=1S/C26H33N3O5/c1-5-28-10-12-29(13-11-28)14-15-33-20-7-8-21(22(30)17-20)26-25(18(2)27-34-26)19-6-9-23(31-3)24(16-19)32-4/h6-9,16-17,30H,5,10-15H2,1-4H3. The first-order valence-electron chi connectivity index (χ1n) is 11.6. The number of aromatic nitrogens is 1. The third kappa shape index (κ3) is 5.13. The summed E-state index contributed by atoms with van der Waals surface area (Å²) in [4.78, 5) is 4.86. The fourth-order valence-corrected chi connectivity index (χ4v) is 4.30. The first-order valence-corrected chi connectivity index (χ1v) is 11.6. The summed E-state index contributed by atoms with van der Waals surface area (Å²) in [7, 11) is 3.19. The first kappa shape index (κ1) is 23.9. The highest BCUT2D eigenvalue weighted by Crippen LogP contribution is 2.42. The van der Waals surface area contributed by atoms with E-state index < -0.39 is 0 Å². The third-order valence-electron chi connectivity index (χ3n) is 6.34. The van der Waals surface area contributed by atoms with Gasteiger partial charge in [-0.15, -0.1) is 0 Å². The van der Waals surface area contributed by atoms with Crippen LogP contribution in [0.25, 0.3) is 22.5 Å². The van der Waals surface area contributed by atoms with Crippen LogP contribution in [0.4, 0.5) is 0 Å². The molecule has 1 aliphatic rings. The van der Waals surface area contributed by atoms with E-state index in [1.807, 2.05) is 31.2 Å². The number of aromatic hydroxyl groups is 1. The molecule has 0 aliphatic carbocycles. The predicted molar refractivity (Wildman–Crippen MR) is 131 cm³/mol. The van der Waals surface area contributed by atoms with Crippen LogP contribution >= 0.6 is 0 Å². The molecular weight excluding hydrogens is 434 g/mol. The van der Waals surface area contributed by atoms with Gasteiger partial charge in [0, 0.05) is 38.8 Å². The van der Waals surface area contributed by atoms with E-state index >= 15 is 0 Å². The van der Waals surface area contributed by atoms with E-state index in [1.165, 1.54) is 0 Å². The van der Waals surface area contributed by atoms with Crippen LogP contribution in [0.5, 0.6) is 23.0 Å². The summed E-state index contributed by atoms with van der Waals surface area (Å²) in [5.74, 6) is 2.43. The van der Waals surface area contributed by atoms with E-state index in [1.54, 1.807) is 26.4 Å². The molecule has 34 heavy (non-hydrogen) atoms. The van der Waals surface area contributed by atoms with E-state index in [4.69, 9.17) is 18.7 Å². The molecule has 1 aromatic heterocycles. The Balaban J connectivity index is 1.48. The molecule has 4 rings (SSSR count). The van der Waals surface area contributed by atoms with Crippen molar-refractivity contribution in [3.63, 3.8) is 0 Å². The lowest BCUT2D eigenvalue weighted by molar-refractivity contribution is 0.121. The molecule has 8 nitrogen and oxygen atoms in total. The van der Waals surface area contributed by atoms with Crippen molar-refractivity contribution in [2.24, 2.45) is 0 Å². The average Bonchev–Trinajstić information content (AvgIpc) is 3.25. The minimum absolute atomic E-state index is 0.0759. The topological polar surface area (TPSA) is 80.4 Å². The zero-order valence-electron chi connectivity index (χ0n) is 20.3. The fraction of sp³-hybridized carbons (Fsp3) is 0.423. The van der Waals surface area contributed by atoms with Crippen LogP contribution in [0.3, 0.4) is 0 Å². The molecular formula is C26H33N3O5. The lowest BCUT2D eigenvalue weighted by Crippen LogP contribution is -2.47. The molecule has 0 bridgehead atoms. The smallest absolute Gasteiger partial charge is 0.178 e. The van der Waals surface area contributed by atoms with Crippen LogP contribution < -0.4 is 14.2 Å². The van der Waals surface area contributed by atoms with Gasteiger partial charge in [0.25, 0.3) is 0 Å². The van der Waals surface area contributed by atoms with Gasteiger partial charge in [-0.2, -0.15) is 0 Å². The molecule has 3 aromatic rings. The van der Waals surface area contributed by atoms with Crippen LogP contribution in [0, 0.1) is 6.92 Å². The Morgan fingerprint density at radius 3 is 2.38 bits per heavy atom. The molecule has 1 aliphatic heterocycles. The van der Waals surface area contributed by atoms with Gasteiger partial charge in [0.15, 0.2) is 17.3 Å². The zero-order chi connectivity index (χ0) is 24.1. The maximum Gasteiger partial charge on any atom is 0.178 e. The summed E-state index contributed by atoms with van der Waals surface area (Å²) in [6.07, 6.45) is 0. The molecule has 1 N–H and O–H groups in total. The van der Waals surface area contributed by atoms with Gasteiger partial charge in [-0.3, -0.25) is 4.90 Å². The summed E-state index contributed by atoms with van der Waals surface area (Å²) in [6, 6.07) is 10.9. The molecule has 0 unspecified atom stereocenters. The van der Waals surface area contributed by atoms with Crippen molar-refractivity contribution in [1.82, 2.24) is 15.0 Å². The predicted octanol–water partition coefficient (Wildman–Crippen LogP) is 4.06. The second kappa shape index (κ2) is 10.8. The van der Waals surface area contributed by atoms with Crippen molar-refractivity contribution in [2.75, 3.05) is 60.1 Å². The van der Waals surface area contributed by atoms with E-state index in [0.717, 1.165) is 50.4 Å². The highest BCUT2D eigenvalue weighted by atomic mass is 16.5. The Kier molecular flexibility index (Phi) is 7.59. The average molecular weight is 468 g/mol. The molecule has 0 atom stereocenters. The van der Waals surface area contributed by atoms with E-state index in [9.17, 15) is 5.11 Å². The van der Waals surface area contributed by atoms with E-state index in [2.05, 4.69) is 21.9 Å². The summed E-state index contributed by atoms with van der Waals surface area (Å²) in [6.45, 7) is 10.9. The fourth-order valence-electron chi connectivity index (χ4n) is 4.30. The number of piperazine rings is 1. The van der Waals surface area contributed by atoms with Crippen LogP contribution in [0.1, 0.15) is 12.6 Å². The minimum atomic E-state index is 0.0759. The molecule has 1 saturated heterocycles. The van der Waals surface area contributed by atoms with Crippen molar-refractivity contribution >= 4 is 0 Å². The monoisotopic (exact) mass is 467 g/mol. The maximum absolute atomic E-state index is 10.8. The molecule has 2 aromatic carbocycles. The zero-order valence-corrected chi connectivity index (χ0v) is 20.3. The van der Waals surface area contributed by atoms with Crippen LogP contribution in [-0.2, 0) is 0 Å². The van der Waals surface area contributed by atoms with E-state index in [-0.39, 0.29) is 5.75 Å². The summed E-state index contributed by atoms with van der Waals surface area (Å²) < 4.78 is 22.3.